The van der Waals surface area contributed by atoms with Crippen LogP contribution in [0.4, 0.5) is 20.2 Å². The fourth-order valence-electron chi connectivity index (χ4n) is 2.17. The minimum Gasteiger partial charge on any atom is -0.495 e. The molecule has 2 aromatic rings. The Morgan fingerprint density at radius 1 is 1.15 bits per heavy atom. The molecule has 6 nitrogen and oxygen atoms in total. The van der Waals surface area contributed by atoms with Gasteiger partial charge in [0.15, 0.2) is 0 Å². The van der Waals surface area contributed by atoms with Gasteiger partial charge in [0, 0.05) is 29.9 Å². The summed E-state index contributed by atoms with van der Waals surface area (Å²) in [6.45, 7) is 1.31. The first-order valence-electron chi connectivity index (χ1n) is 7.28. The maximum atomic E-state index is 13.4. The fraction of sp³-hybridized carbons (Fsp3) is 0.188. The van der Waals surface area contributed by atoms with E-state index in [0.717, 1.165) is 6.07 Å². The molecule has 0 aliphatic carbocycles. The van der Waals surface area contributed by atoms with Crippen LogP contribution in [0, 0.1) is 0 Å². The van der Waals surface area contributed by atoms with E-state index < -0.39 is 15.7 Å². The molecule has 0 saturated heterocycles. The van der Waals surface area contributed by atoms with Crippen molar-refractivity contribution in [2.24, 2.45) is 0 Å². The van der Waals surface area contributed by atoms with Gasteiger partial charge in [-0.1, -0.05) is 21.4 Å². The molecule has 0 aliphatic rings. The highest BCUT2D eigenvalue weighted by atomic mass is 32.2. The van der Waals surface area contributed by atoms with Crippen LogP contribution >= 0.6 is 9.24 Å². The summed E-state index contributed by atoms with van der Waals surface area (Å²) in [5.74, 6) is -0.327. The second-order valence-corrected chi connectivity index (χ2v) is 7.73. The normalized spacial score (nSPS) is 11.7. The largest absolute Gasteiger partial charge is 0.495 e. The van der Waals surface area contributed by atoms with Crippen LogP contribution in [0.1, 0.15) is 12.5 Å². The predicted octanol–water partition coefficient (Wildman–Crippen LogP) is 3.38. The molecule has 10 heteroatoms. The molecule has 0 aliphatic heterocycles. The molecule has 1 amide bonds. The van der Waals surface area contributed by atoms with E-state index in [2.05, 4.69) is 10.0 Å². The number of anilines is 2. The van der Waals surface area contributed by atoms with Gasteiger partial charge in [-0.2, -0.15) is 8.78 Å². The average Bonchev–Trinajstić information content (AvgIpc) is 2.53. The summed E-state index contributed by atoms with van der Waals surface area (Å²) in [5, 5.41) is 2.51. The average molecular weight is 402 g/mol. The van der Waals surface area contributed by atoms with E-state index in [4.69, 9.17) is 4.74 Å². The van der Waals surface area contributed by atoms with Crippen LogP contribution in [0.2, 0.25) is 0 Å². The van der Waals surface area contributed by atoms with Gasteiger partial charge in [0.1, 0.15) is 10.6 Å². The molecule has 26 heavy (non-hydrogen) atoms. The number of alkyl halides is 2. The van der Waals surface area contributed by atoms with Crippen molar-refractivity contribution in [1.29, 1.82) is 0 Å². The summed E-state index contributed by atoms with van der Waals surface area (Å²) in [6, 6.07) is 8.91. The first kappa shape index (κ1) is 20.1. The maximum absolute atomic E-state index is 13.4. The zero-order chi connectivity index (χ0) is 19.5. The summed E-state index contributed by atoms with van der Waals surface area (Å²) in [6.07, 6.45) is 0. The van der Waals surface area contributed by atoms with Crippen LogP contribution in [0.25, 0.3) is 0 Å². The van der Waals surface area contributed by atoms with Gasteiger partial charge in [0.2, 0.25) is 5.91 Å². The topological polar surface area (TPSA) is 84.5 Å². The van der Waals surface area contributed by atoms with Gasteiger partial charge in [-0.05, 0) is 24.3 Å². The molecule has 2 N–H and O–H groups in total. The minimum absolute atomic E-state index is 0.00344. The molecular formula is C16H17F2N2O4PS. The first-order valence-corrected chi connectivity index (χ1v) is 9.34. The summed E-state index contributed by atoms with van der Waals surface area (Å²) >= 11 is 0. The summed E-state index contributed by atoms with van der Waals surface area (Å²) < 4.78 is 59.3. The minimum atomic E-state index is -4.10. The summed E-state index contributed by atoms with van der Waals surface area (Å²) in [5.41, 5.74) is -3.19. The smallest absolute Gasteiger partial charge is 0.283 e. The lowest BCUT2D eigenvalue weighted by molar-refractivity contribution is -0.114. The number of ether oxygens (including phenoxy) is 1. The van der Waals surface area contributed by atoms with Crippen LogP contribution < -0.4 is 14.8 Å². The predicted molar refractivity (Wildman–Crippen MR) is 98.2 cm³/mol. The van der Waals surface area contributed by atoms with Gasteiger partial charge in [-0.25, -0.2) is 8.42 Å². The van der Waals surface area contributed by atoms with E-state index in [9.17, 15) is 22.0 Å². The van der Waals surface area contributed by atoms with Gasteiger partial charge < -0.3 is 10.1 Å². The number of hydrogen-bond donors (Lipinski definition) is 2. The lowest BCUT2D eigenvalue weighted by Crippen LogP contribution is -2.15. The van der Waals surface area contributed by atoms with Crippen molar-refractivity contribution >= 4 is 36.5 Å². The Balaban J connectivity index is 2.37. The monoisotopic (exact) mass is 402 g/mol. The van der Waals surface area contributed by atoms with E-state index >= 15 is 0 Å². The van der Waals surface area contributed by atoms with Gasteiger partial charge >= 0.3 is 0 Å². The van der Waals surface area contributed by atoms with Crippen molar-refractivity contribution in [3.05, 3.63) is 48.0 Å². The van der Waals surface area contributed by atoms with Crippen molar-refractivity contribution in [2.45, 2.75) is 17.5 Å². The Morgan fingerprint density at radius 3 is 2.42 bits per heavy atom. The molecule has 1 atom stereocenters. The van der Waals surface area contributed by atoms with Gasteiger partial charge in [0.05, 0.1) is 7.11 Å². The van der Waals surface area contributed by atoms with Crippen molar-refractivity contribution in [2.75, 3.05) is 17.1 Å². The number of nitrogens with one attached hydrogen (secondary N) is 2. The molecule has 0 heterocycles. The van der Waals surface area contributed by atoms with Gasteiger partial charge in [-0.3, -0.25) is 9.52 Å². The quantitative estimate of drug-likeness (QED) is 0.726. The highest BCUT2D eigenvalue weighted by Gasteiger charge is 2.26. The number of hydrogen-bond acceptors (Lipinski definition) is 4. The fourth-order valence-corrected chi connectivity index (χ4v) is 3.55. The number of sulfonamides is 1. The molecule has 0 aromatic heterocycles. The van der Waals surface area contributed by atoms with Crippen LogP contribution in [0.15, 0.2) is 47.4 Å². The van der Waals surface area contributed by atoms with Crippen LogP contribution in [-0.2, 0) is 20.5 Å². The van der Waals surface area contributed by atoms with E-state index in [0.29, 0.717) is 5.69 Å². The van der Waals surface area contributed by atoms with Crippen molar-refractivity contribution in [1.82, 2.24) is 0 Å². The number of halogens is 2. The number of rotatable bonds is 6. The van der Waals surface area contributed by atoms with Crippen molar-refractivity contribution in [3.8, 4) is 5.75 Å². The highest BCUT2D eigenvalue weighted by Crippen LogP contribution is 2.36. The Morgan fingerprint density at radius 2 is 1.85 bits per heavy atom. The first-order chi connectivity index (χ1) is 12.0. The van der Waals surface area contributed by atoms with E-state index in [1.165, 1.54) is 59.7 Å². The molecule has 0 bridgehead atoms. The third kappa shape index (κ3) is 4.89. The molecule has 0 spiro atoms. The van der Waals surface area contributed by atoms with E-state index in [-0.39, 0.29) is 27.8 Å². The summed E-state index contributed by atoms with van der Waals surface area (Å²) in [4.78, 5) is 10.9. The lowest BCUT2D eigenvalue weighted by atomic mass is 10.2. The zero-order valence-corrected chi connectivity index (χ0v) is 15.9. The number of carbonyl (C=O) groups is 1. The van der Waals surface area contributed by atoms with Crippen molar-refractivity contribution < 1.29 is 26.7 Å². The highest BCUT2D eigenvalue weighted by molar-refractivity contribution is 7.92. The Kier molecular flexibility index (Phi) is 5.83. The Hall–Kier alpha value is -2.25. The molecule has 1 unspecified atom stereocenters. The standard InChI is InChI=1S/C16H17F2N2O4PS/c1-10(21)19-12-6-7-15(14(9-12)24-2)26(22,23)20-13-5-3-4-11(8-13)16(17,18)25/h3-9,20H,25H2,1-2H3,(H,19,21). The molecule has 0 fully saturated rings. The summed E-state index contributed by atoms with van der Waals surface area (Å²) in [7, 11) is -1.43. The zero-order valence-electron chi connectivity index (χ0n) is 13.9. The van der Waals surface area contributed by atoms with Crippen LogP contribution in [0.5, 0.6) is 5.75 Å². The second kappa shape index (κ2) is 7.55. The van der Waals surface area contributed by atoms with E-state index in [1.54, 1.807) is 0 Å². The molecule has 140 valence electrons. The van der Waals surface area contributed by atoms with E-state index in [1.807, 2.05) is 0 Å². The van der Waals surface area contributed by atoms with Crippen LogP contribution in [-0.4, -0.2) is 21.4 Å². The molecular weight excluding hydrogens is 385 g/mol. The number of benzene rings is 2. The lowest BCUT2D eigenvalue weighted by Gasteiger charge is -2.15. The van der Waals surface area contributed by atoms with Crippen LogP contribution in [0.3, 0.4) is 0 Å². The van der Waals surface area contributed by atoms with Gasteiger partial charge in [-0.15, -0.1) is 0 Å². The number of carbonyl (C=O) groups excluding carboxylic acids is 1. The second-order valence-electron chi connectivity index (χ2n) is 5.36. The third-order valence-corrected chi connectivity index (χ3v) is 5.03. The molecule has 2 rings (SSSR count). The number of methoxy groups -OCH3 is 1. The Bertz CT molecular complexity index is 930. The number of amides is 1. The SMILES string of the molecule is COc1cc(NC(C)=O)ccc1S(=O)(=O)Nc1cccc(C(F)(F)P)c1. The molecule has 0 saturated carbocycles. The molecule has 2 aromatic carbocycles. The molecule has 0 radical (unpaired) electrons. The van der Waals surface area contributed by atoms with Gasteiger partial charge in [0.25, 0.3) is 15.7 Å². The third-order valence-electron chi connectivity index (χ3n) is 3.27. The maximum Gasteiger partial charge on any atom is 0.283 e. The Labute approximate surface area is 152 Å². The van der Waals surface area contributed by atoms with Crippen molar-refractivity contribution in [3.63, 3.8) is 0 Å².